The van der Waals surface area contributed by atoms with Gasteiger partial charge in [0.25, 0.3) is 0 Å². The van der Waals surface area contributed by atoms with Crippen LogP contribution in [0, 0.1) is 0 Å². The Morgan fingerprint density at radius 3 is 1.35 bits per heavy atom. The van der Waals surface area contributed by atoms with Crippen LogP contribution in [0.1, 0.15) is 40.5 Å². The van der Waals surface area contributed by atoms with Crippen LogP contribution in [0.15, 0.2) is 41.0 Å². The molecular formula is C16H25Cl2SiZr. The number of halogens is 2. The van der Waals surface area contributed by atoms with E-state index in [2.05, 4.69) is 52.9 Å². The second kappa shape index (κ2) is 8.32. The molecule has 0 unspecified atom stereocenters. The molecule has 0 radical (unpaired) electrons. The van der Waals surface area contributed by atoms with E-state index >= 15 is 0 Å². The molecule has 0 nitrogen and oxygen atoms in total. The first-order valence-electron chi connectivity index (χ1n) is 7.04. The average molecular weight is 408 g/mol. The molecule has 0 bridgehead atoms. The zero-order valence-corrected chi connectivity index (χ0v) is 18.5. The van der Waals surface area contributed by atoms with Crippen molar-refractivity contribution in [1.82, 2.24) is 0 Å². The van der Waals surface area contributed by atoms with Gasteiger partial charge in [0, 0.05) is 0 Å². The topological polar surface area (TPSA) is 0 Å². The molecule has 0 atom stereocenters. The first-order valence-corrected chi connectivity index (χ1v) is 16.6. The van der Waals surface area contributed by atoms with Gasteiger partial charge in [-0.25, -0.2) is 0 Å². The molecule has 0 spiro atoms. The molecule has 4 heteroatoms. The third kappa shape index (κ3) is 3.88. The van der Waals surface area contributed by atoms with Gasteiger partial charge < -0.3 is 24.8 Å². The molecule has 0 aromatic heterocycles. The van der Waals surface area contributed by atoms with Gasteiger partial charge in [0.05, 0.1) is 0 Å². The molecule has 111 valence electrons. The smallest absolute Gasteiger partial charge is 1.00 e. The van der Waals surface area contributed by atoms with Crippen LogP contribution in [0.3, 0.4) is 0 Å². The zero-order chi connectivity index (χ0) is 13.4. The Kier molecular flexibility index (Phi) is 8.59. The van der Waals surface area contributed by atoms with Gasteiger partial charge in [-0.05, 0) is 0 Å². The molecule has 2 aliphatic carbocycles. The molecule has 2 aliphatic rings. The zero-order valence-electron chi connectivity index (χ0n) is 13.4. The van der Waals surface area contributed by atoms with E-state index in [0.717, 1.165) is 0 Å². The second-order valence-electron chi connectivity index (χ2n) is 6.02. The summed E-state index contributed by atoms with van der Waals surface area (Å²) in [6.45, 7) is 14.5. The summed E-state index contributed by atoms with van der Waals surface area (Å²) in [7, 11) is 0. The standard InChI is InChI=1S/2C7H9.C2H7Si.2ClH.Zr/c2*1-6-4-3-5-7(6)2;1-3-2;;;/h2*3H,4H2,1-2H3;3H,1-2H3;2*1H;/q;;;;;+2/p-2. The van der Waals surface area contributed by atoms with Crippen molar-refractivity contribution in [1.29, 1.82) is 0 Å². The Morgan fingerprint density at radius 2 is 1.15 bits per heavy atom. The number of rotatable bonds is 3. The minimum absolute atomic E-state index is 0. The van der Waals surface area contributed by atoms with Crippen molar-refractivity contribution < 1.29 is 45.7 Å². The van der Waals surface area contributed by atoms with Gasteiger partial charge in [-0.3, -0.25) is 0 Å². The molecule has 0 fully saturated rings. The fraction of sp³-hybridized carbons (Fsp3) is 0.500. The monoisotopic (exact) mass is 405 g/mol. The van der Waals surface area contributed by atoms with E-state index in [4.69, 9.17) is 0 Å². The Morgan fingerprint density at radius 1 is 0.800 bits per heavy atom. The predicted molar refractivity (Wildman–Crippen MR) is 81.0 cm³/mol. The van der Waals surface area contributed by atoms with E-state index in [0.29, 0.717) is 0 Å². The van der Waals surface area contributed by atoms with E-state index < -0.39 is 26.8 Å². The molecule has 0 amide bonds. The molecule has 20 heavy (non-hydrogen) atoms. The van der Waals surface area contributed by atoms with Crippen molar-refractivity contribution in [2.45, 2.75) is 53.6 Å². The van der Waals surface area contributed by atoms with E-state index in [1.165, 1.54) is 12.8 Å². The van der Waals surface area contributed by atoms with Crippen LogP contribution < -0.4 is 24.8 Å². The van der Waals surface area contributed by atoms with Gasteiger partial charge in [-0.15, -0.1) is 0 Å². The summed E-state index contributed by atoms with van der Waals surface area (Å²) >= 11 is -1.52. The van der Waals surface area contributed by atoms with Crippen LogP contribution in [0.25, 0.3) is 0 Å². The molecule has 0 saturated carbocycles. The third-order valence-electron chi connectivity index (χ3n) is 4.47. The van der Waals surface area contributed by atoms with Gasteiger partial charge in [0.15, 0.2) is 0 Å². The average Bonchev–Trinajstić information content (AvgIpc) is 2.79. The van der Waals surface area contributed by atoms with E-state index in [9.17, 15) is 0 Å². The maximum Gasteiger partial charge on any atom is -1.00 e. The molecule has 0 heterocycles. The fourth-order valence-electron chi connectivity index (χ4n) is 2.97. The van der Waals surface area contributed by atoms with E-state index in [1.54, 1.807) is 22.3 Å². The summed E-state index contributed by atoms with van der Waals surface area (Å²) < 4.78 is 3.69. The van der Waals surface area contributed by atoms with Crippen molar-refractivity contribution in [2.75, 3.05) is 0 Å². The summed E-state index contributed by atoms with van der Waals surface area (Å²) in [4.78, 5) is 0. The van der Waals surface area contributed by atoms with Crippen LogP contribution >= 0.6 is 0 Å². The SMILES string of the molecule is CC1=C(C)[C]([Zr+2]([C]2=CCC(C)=C2C)[SiH](C)C)=CC1.[Cl-].[Cl-]. The van der Waals surface area contributed by atoms with Gasteiger partial charge in [0.1, 0.15) is 0 Å². The Labute approximate surface area is 145 Å². The first-order chi connectivity index (χ1) is 8.43. The van der Waals surface area contributed by atoms with Crippen LogP contribution in [0.4, 0.5) is 0 Å². The molecular weight excluding hydrogens is 382 g/mol. The molecule has 0 aromatic carbocycles. The minimum Gasteiger partial charge on any atom is -1.00 e. The van der Waals surface area contributed by atoms with Gasteiger partial charge in [-0.1, -0.05) is 0 Å². The van der Waals surface area contributed by atoms with Crippen LogP contribution in [-0.2, 0) is 20.9 Å². The van der Waals surface area contributed by atoms with Crippen LogP contribution in [0.5, 0.6) is 0 Å². The number of hydrogen-bond donors (Lipinski definition) is 0. The third-order valence-corrected chi connectivity index (χ3v) is 23.5. The number of allylic oxidation sites excluding steroid dienone is 8. The summed E-state index contributed by atoms with van der Waals surface area (Å²) in [5.74, 6) is -0.532. The van der Waals surface area contributed by atoms with Crippen molar-refractivity contribution in [3.05, 3.63) is 41.0 Å². The summed E-state index contributed by atoms with van der Waals surface area (Å²) in [6.07, 6.45) is 7.60. The molecule has 0 aromatic rings. The van der Waals surface area contributed by atoms with Gasteiger partial charge >= 0.3 is 121 Å². The minimum atomic E-state index is -1.52. The van der Waals surface area contributed by atoms with Crippen LogP contribution in [0.2, 0.25) is 13.1 Å². The first kappa shape index (κ1) is 20.6. The van der Waals surface area contributed by atoms with Crippen molar-refractivity contribution in [3.63, 3.8) is 0 Å². The van der Waals surface area contributed by atoms with Crippen molar-refractivity contribution >= 4 is 5.92 Å². The Bertz CT molecular complexity index is 457. The predicted octanol–water partition coefficient (Wildman–Crippen LogP) is -1.16. The fourth-order valence-corrected chi connectivity index (χ4v) is 22.7. The van der Waals surface area contributed by atoms with Crippen LogP contribution in [-0.4, -0.2) is 5.92 Å². The summed E-state index contributed by atoms with van der Waals surface area (Å²) in [5.41, 5.74) is 6.55. The Balaban J connectivity index is 0.00000180. The van der Waals surface area contributed by atoms with Gasteiger partial charge in [-0.2, -0.15) is 0 Å². The Hall–Kier alpha value is 0.640. The maximum absolute atomic E-state index is 2.58. The normalized spacial score (nSPS) is 17.9. The second-order valence-corrected chi connectivity index (χ2v) is 24.9. The molecule has 0 saturated heterocycles. The molecule has 2 rings (SSSR count). The maximum atomic E-state index is 2.58. The molecule has 0 aliphatic heterocycles. The molecule has 0 N–H and O–H groups in total. The van der Waals surface area contributed by atoms with Gasteiger partial charge in [0.2, 0.25) is 0 Å². The van der Waals surface area contributed by atoms with E-state index in [-0.39, 0.29) is 24.8 Å². The summed E-state index contributed by atoms with van der Waals surface area (Å²) in [6, 6.07) is 0. The number of hydrogen-bond acceptors (Lipinski definition) is 0. The summed E-state index contributed by atoms with van der Waals surface area (Å²) in [5, 5.41) is 0. The largest absolute Gasteiger partial charge is 1.00 e. The quantitative estimate of drug-likeness (QED) is 0.518. The van der Waals surface area contributed by atoms with Crippen molar-refractivity contribution in [3.8, 4) is 0 Å². The van der Waals surface area contributed by atoms with E-state index in [1.807, 2.05) is 6.56 Å². The van der Waals surface area contributed by atoms with Crippen molar-refractivity contribution in [2.24, 2.45) is 0 Å².